The van der Waals surface area contributed by atoms with Crippen LogP contribution in [0.3, 0.4) is 0 Å². The quantitative estimate of drug-likeness (QED) is 0.849. The lowest BCUT2D eigenvalue weighted by molar-refractivity contribution is -0.151. The van der Waals surface area contributed by atoms with Gasteiger partial charge in [0.05, 0.1) is 0 Å². The first-order chi connectivity index (χ1) is 12.0. The summed E-state index contributed by atoms with van der Waals surface area (Å²) < 4.78 is 5.43. The van der Waals surface area contributed by atoms with Gasteiger partial charge in [-0.25, -0.2) is 0 Å². The van der Waals surface area contributed by atoms with Gasteiger partial charge in [-0.2, -0.15) is 0 Å². The number of carbonyl (C=O) groups excluding carboxylic acids is 2. The van der Waals surface area contributed by atoms with Crippen molar-refractivity contribution in [1.29, 1.82) is 0 Å². The molecular weight excluding hydrogens is 316 g/mol. The van der Waals surface area contributed by atoms with E-state index in [1.807, 2.05) is 13.0 Å². The van der Waals surface area contributed by atoms with Gasteiger partial charge in [0.1, 0.15) is 12.6 Å². The van der Waals surface area contributed by atoms with Crippen molar-refractivity contribution in [3.05, 3.63) is 70.8 Å². The van der Waals surface area contributed by atoms with Crippen molar-refractivity contribution in [3.8, 4) is 0 Å². The molecule has 5 heteroatoms. The van der Waals surface area contributed by atoms with Crippen LogP contribution < -0.4 is 5.73 Å². The molecule has 2 aromatic rings. The highest BCUT2D eigenvalue weighted by Gasteiger charge is 2.26. The van der Waals surface area contributed by atoms with Crippen LogP contribution in [0.4, 0.5) is 0 Å². The second kappa shape index (κ2) is 7.49. The topological polar surface area (TPSA) is 72.6 Å². The molecule has 1 amide bonds. The molecule has 1 heterocycles. The van der Waals surface area contributed by atoms with Gasteiger partial charge in [0.15, 0.2) is 0 Å². The summed E-state index contributed by atoms with van der Waals surface area (Å²) in [7, 11) is 0. The van der Waals surface area contributed by atoms with Crippen molar-refractivity contribution in [2.75, 3.05) is 6.54 Å². The number of nitrogens with two attached hydrogens (primary N) is 1. The van der Waals surface area contributed by atoms with Gasteiger partial charge in [0.2, 0.25) is 5.91 Å². The Hall–Kier alpha value is -2.66. The number of esters is 1. The highest BCUT2D eigenvalue weighted by Crippen LogP contribution is 2.20. The molecular formula is C20H22N2O3. The fraction of sp³-hybridized carbons (Fsp3) is 0.300. The molecule has 2 N–H and O–H groups in total. The van der Waals surface area contributed by atoms with E-state index < -0.39 is 5.91 Å². The zero-order valence-corrected chi connectivity index (χ0v) is 14.3. The molecule has 3 rings (SSSR count). The Morgan fingerprint density at radius 2 is 1.80 bits per heavy atom. The second-order valence-electron chi connectivity index (χ2n) is 6.33. The van der Waals surface area contributed by atoms with E-state index >= 15 is 0 Å². The summed E-state index contributed by atoms with van der Waals surface area (Å²) >= 11 is 0. The van der Waals surface area contributed by atoms with E-state index in [2.05, 4.69) is 23.1 Å². The minimum atomic E-state index is -0.470. The molecule has 0 saturated heterocycles. The largest absolute Gasteiger partial charge is 0.460 e. The Bertz CT molecular complexity index is 771. The summed E-state index contributed by atoms with van der Waals surface area (Å²) in [6.45, 7) is 3.68. The molecule has 2 aromatic carbocycles. The average molecular weight is 338 g/mol. The highest BCUT2D eigenvalue weighted by atomic mass is 16.5. The van der Waals surface area contributed by atoms with Crippen LogP contribution in [0.5, 0.6) is 0 Å². The zero-order valence-electron chi connectivity index (χ0n) is 14.3. The Labute approximate surface area is 147 Å². The first kappa shape index (κ1) is 17.2. The summed E-state index contributed by atoms with van der Waals surface area (Å²) in [4.78, 5) is 25.6. The van der Waals surface area contributed by atoms with Gasteiger partial charge in [0.25, 0.3) is 0 Å². The van der Waals surface area contributed by atoms with E-state index in [4.69, 9.17) is 10.5 Å². The maximum Gasteiger partial charge on any atom is 0.323 e. The predicted molar refractivity (Wildman–Crippen MR) is 94.8 cm³/mol. The molecule has 0 saturated carbocycles. The van der Waals surface area contributed by atoms with Crippen LogP contribution in [0.25, 0.3) is 0 Å². The van der Waals surface area contributed by atoms with E-state index in [-0.39, 0.29) is 18.6 Å². The van der Waals surface area contributed by atoms with Crippen molar-refractivity contribution in [2.45, 2.75) is 32.5 Å². The highest BCUT2D eigenvalue weighted by molar-refractivity contribution is 5.92. The molecule has 0 bridgehead atoms. The van der Waals surface area contributed by atoms with E-state index in [1.165, 1.54) is 11.1 Å². The first-order valence-corrected chi connectivity index (χ1v) is 8.41. The van der Waals surface area contributed by atoms with Crippen LogP contribution in [0, 0.1) is 0 Å². The van der Waals surface area contributed by atoms with E-state index in [0.717, 1.165) is 25.1 Å². The number of amides is 1. The van der Waals surface area contributed by atoms with E-state index in [1.54, 1.807) is 24.3 Å². The molecule has 0 unspecified atom stereocenters. The first-order valence-electron chi connectivity index (χ1n) is 8.41. The fourth-order valence-electron chi connectivity index (χ4n) is 3.04. The predicted octanol–water partition coefficient (Wildman–Crippen LogP) is 2.28. The summed E-state index contributed by atoms with van der Waals surface area (Å²) in [6, 6.07) is 14.8. The molecule has 1 atom stereocenters. The van der Waals surface area contributed by atoms with Gasteiger partial charge < -0.3 is 10.5 Å². The number of fused-ring (bicyclic) bond motifs is 1. The number of hydrogen-bond acceptors (Lipinski definition) is 4. The summed E-state index contributed by atoms with van der Waals surface area (Å²) in [6.07, 6.45) is 0.947. The number of hydrogen-bond donors (Lipinski definition) is 1. The fourth-order valence-corrected chi connectivity index (χ4v) is 3.04. The Balaban J connectivity index is 1.55. The van der Waals surface area contributed by atoms with Gasteiger partial charge in [-0.05, 0) is 42.2 Å². The number of nitrogens with zero attached hydrogens (tertiary/aromatic N) is 1. The minimum absolute atomic E-state index is 0.187. The standard InChI is InChI=1S/C20H22N2O3/c1-14(22-11-10-16-4-2-3-5-18(16)12-22)20(24)25-13-15-6-8-17(9-7-15)19(21)23/h2-9,14H,10-13H2,1H3,(H2,21,23)/t14-/m1/s1. The molecule has 0 spiro atoms. The third-order valence-corrected chi connectivity index (χ3v) is 4.67. The van der Waals surface area contributed by atoms with Crippen molar-refractivity contribution >= 4 is 11.9 Å². The SMILES string of the molecule is C[C@H](C(=O)OCc1ccc(C(N)=O)cc1)N1CCc2ccccc2C1. The number of ether oxygens (including phenoxy) is 1. The van der Waals surface area contributed by atoms with Crippen molar-refractivity contribution in [1.82, 2.24) is 4.90 Å². The molecule has 0 aliphatic carbocycles. The molecule has 0 radical (unpaired) electrons. The third kappa shape index (κ3) is 4.06. The molecule has 5 nitrogen and oxygen atoms in total. The molecule has 25 heavy (non-hydrogen) atoms. The van der Waals surface area contributed by atoms with Gasteiger partial charge in [-0.15, -0.1) is 0 Å². The van der Waals surface area contributed by atoms with Gasteiger partial charge in [0, 0.05) is 18.7 Å². The van der Waals surface area contributed by atoms with Crippen LogP contribution in [0.2, 0.25) is 0 Å². The lowest BCUT2D eigenvalue weighted by atomic mass is 9.99. The minimum Gasteiger partial charge on any atom is -0.460 e. The number of rotatable bonds is 5. The maximum absolute atomic E-state index is 12.4. The Morgan fingerprint density at radius 1 is 1.12 bits per heavy atom. The van der Waals surface area contributed by atoms with Crippen LogP contribution >= 0.6 is 0 Å². The van der Waals surface area contributed by atoms with Crippen molar-refractivity contribution < 1.29 is 14.3 Å². The van der Waals surface area contributed by atoms with Crippen LogP contribution in [-0.2, 0) is 29.1 Å². The number of benzene rings is 2. The van der Waals surface area contributed by atoms with Crippen molar-refractivity contribution in [2.24, 2.45) is 5.73 Å². The second-order valence-corrected chi connectivity index (χ2v) is 6.33. The molecule has 0 aromatic heterocycles. The Morgan fingerprint density at radius 3 is 2.48 bits per heavy atom. The number of primary amides is 1. The van der Waals surface area contributed by atoms with Crippen LogP contribution in [0.15, 0.2) is 48.5 Å². The molecule has 1 aliphatic rings. The summed E-state index contributed by atoms with van der Waals surface area (Å²) in [5.41, 5.74) is 9.11. The normalized spacial score (nSPS) is 15.2. The Kier molecular flexibility index (Phi) is 5.14. The molecule has 0 fully saturated rings. The lowest BCUT2D eigenvalue weighted by Crippen LogP contribution is -2.42. The van der Waals surface area contributed by atoms with E-state index in [9.17, 15) is 9.59 Å². The average Bonchev–Trinajstić information content (AvgIpc) is 2.65. The van der Waals surface area contributed by atoms with E-state index in [0.29, 0.717) is 5.56 Å². The van der Waals surface area contributed by atoms with Gasteiger partial charge in [-0.3, -0.25) is 14.5 Å². The lowest BCUT2D eigenvalue weighted by Gasteiger charge is -2.32. The van der Waals surface area contributed by atoms with Crippen molar-refractivity contribution in [3.63, 3.8) is 0 Å². The molecule has 1 aliphatic heterocycles. The monoisotopic (exact) mass is 338 g/mol. The summed E-state index contributed by atoms with van der Waals surface area (Å²) in [5.74, 6) is -0.707. The third-order valence-electron chi connectivity index (χ3n) is 4.67. The van der Waals surface area contributed by atoms with Crippen LogP contribution in [-0.4, -0.2) is 29.4 Å². The van der Waals surface area contributed by atoms with Gasteiger partial charge >= 0.3 is 5.97 Å². The zero-order chi connectivity index (χ0) is 17.8. The van der Waals surface area contributed by atoms with Gasteiger partial charge in [-0.1, -0.05) is 36.4 Å². The molecule has 130 valence electrons. The smallest absolute Gasteiger partial charge is 0.323 e. The van der Waals surface area contributed by atoms with Crippen LogP contribution in [0.1, 0.15) is 34.0 Å². The maximum atomic E-state index is 12.4. The number of carbonyl (C=O) groups is 2. The summed E-state index contributed by atoms with van der Waals surface area (Å²) in [5, 5.41) is 0.